The minimum Gasteiger partial charge on any atom is -0.356 e. The molecule has 3 aliphatic heterocycles. The lowest BCUT2D eigenvalue weighted by Crippen LogP contribution is -2.54. The van der Waals surface area contributed by atoms with Crippen molar-refractivity contribution in [2.75, 3.05) is 32.7 Å². The molecule has 1 spiro atoms. The van der Waals surface area contributed by atoms with Crippen LogP contribution in [-0.2, 0) is 15.0 Å². The molecule has 6 nitrogen and oxygen atoms in total. The Hall–Kier alpha value is -1.44. The predicted octanol–water partition coefficient (Wildman–Crippen LogP) is 1.71. The summed E-state index contributed by atoms with van der Waals surface area (Å²) in [7, 11) is -3.49. The smallest absolute Gasteiger partial charge is 0.282 e. The van der Waals surface area contributed by atoms with Crippen LogP contribution in [0.15, 0.2) is 30.3 Å². The van der Waals surface area contributed by atoms with Gasteiger partial charge in [0.15, 0.2) is 0 Å². The molecule has 0 saturated carbocycles. The zero-order valence-corrected chi connectivity index (χ0v) is 15.9. The van der Waals surface area contributed by atoms with Crippen LogP contribution in [0.25, 0.3) is 0 Å². The third-order valence-electron chi connectivity index (χ3n) is 6.29. The SMILES string of the molecule is O=C1NCCC12CCCN(S(=O)(=O)N1CCC(c3ccccc3)CC1)C2. The maximum atomic E-state index is 13.2. The summed E-state index contributed by atoms with van der Waals surface area (Å²) in [5.41, 5.74) is 0.789. The number of hydrogen-bond donors (Lipinski definition) is 1. The normalized spacial score (nSPS) is 29.2. The van der Waals surface area contributed by atoms with Crippen molar-refractivity contribution in [3.05, 3.63) is 35.9 Å². The molecule has 1 aromatic carbocycles. The fourth-order valence-electron chi connectivity index (χ4n) is 4.70. The maximum Gasteiger partial charge on any atom is 0.282 e. The van der Waals surface area contributed by atoms with Crippen LogP contribution in [0.4, 0.5) is 0 Å². The molecule has 1 unspecified atom stereocenters. The molecule has 7 heteroatoms. The van der Waals surface area contributed by atoms with Crippen molar-refractivity contribution >= 4 is 16.1 Å². The highest BCUT2D eigenvalue weighted by Crippen LogP contribution is 2.38. The summed E-state index contributed by atoms with van der Waals surface area (Å²) >= 11 is 0. The van der Waals surface area contributed by atoms with Gasteiger partial charge in [-0.3, -0.25) is 4.79 Å². The lowest BCUT2D eigenvalue weighted by Gasteiger charge is -2.41. The summed E-state index contributed by atoms with van der Waals surface area (Å²) in [5, 5.41) is 2.88. The second kappa shape index (κ2) is 6.94. The maximum absolute atomic E-state index is 13.2. The van der Waals surface area contributed by atoms with E-state index in [-0.39, 0.29) is 5.91 Å². The van der Waals surface area contributed by atoms with Gasteiger partial charge in [-0.05, 0) is 43.6 Å². The summed E-state index contributed by atoms with van der Waals surface area (Å²) in [5.74, 6) is 0.455. The molecule has 3 saturated heterocycles. The van der Waals surface area contributed by atoms with Crippen molar-refractivity contribution in [1.29, 1.82) is 0 Å². The van der Waals surface area contributed by atoms with Gasteiger partial charge in [0.1, 0.15) is 0 Å². The first-order valence-electron chi connectivity index (χ1n) is 9.60. The number of rotatable bonds is 3. The quantitative estimate of drug-likeness (QED) is 0.872. The van der Waals surface area contributed by atoms with E-state index in [4.69, 9.17) is 0 Å². The fraction of sp³-hybridized carbons (Fsp3) is 0.632. The second-order valence-corrected chi connectivity index (χ2v) is 9.74. The van der Waals surface area contributed by atoms with Crippen LogP contribution >= 0.6 is 0 Å². The Labute approximate surface area is 155 Å². The average molecular weight is 378 g/mol. The van der Waals surface area contributed by atoms with Gasteiger partial charge in [0.25, 0.3) is 10.2 Å². The van der Waals surface area contributed by atoms with E-state index in [9.17, 15) is 13.2 Å². The van der Waals surface area contributed by atoms with Crippen molar-refractivity contribution < 1.29 is 13.2 Å². The molecule has 3 aliphatic rings. The molecule has 4 rings (SSSR count). The zero-order valence-electron chi connectivity index (χ0n) is 15.1. The van der Waals surface area contributed by atoms with Gasteiger partial charge in [-0.25, -0.2) is 0 Å². The van der Waals surface area contributed by atoms with E-state index in [1.54, 1.807) is 8.61 Å². The number of hydrogen-bond acceptors (Lipinski definition) is 3. The van der Waals surface area contributed by atoms with Gasteiger partial charge in [-0.2, -0.15) is 17.0 Å². The van der Waals surface area contributed by atoms with Gasteiger partial charge >= 0.3 is 0 Å². The number of carbonyl (C=O) groups is 1. The average Bonchev–Trinajstić information content (AvgIpc) is 3.02. The molecule has 142 valence electrons. The monoisotopic (exact) mass is 377 g/mol. The summed E-state index contributed by atoms with van der Waals surface area (Å²) in [6.07, 6.45) is 3.99. The van der Waals surface area contributed by atoms with Crippen LogP contribution in [0, 0.1) is 5.41 Å². The minimum atomic E-state index is -3.49. The zero-order chi connectivity index (χ0) is 18.2. The second-order valence-electron chi connectivity index (χ2n) is 7.82. The Morgan fingerprint density at radius 3 is 2.38 bits per heavy atom. The van der Waals surface area contributed by atoms with Crippen LogP contribution in [0.3, 0.4) is 0 Å². The van der Waals surface area contributed by atoms with E-state index in [1.165, 1.54) is 5.56 Å². The van der Waals surface area contributed by atoms with Crippen molar-refractivity contribution in [2.45, 2.75) is 38.0 Å². The van der Waals surface area contributed by atoms with Crippen LogP contribution in [0.1, 0.15) is 43.6 Å². The van der Waals surface area contributed by atoms with Gasteiger partial charge in [-0.15, -0.1) is 0 Å². The molecular formula is C19H27N3O3S. The minimum absolute atomic E-state index is 0.0279. The molecule has 0 radical (unpaired) electrons. The van der Waals surface area contributed by atoms with E-state index >= 15 is 0 Å². The lowest BCUT2D eigenvalue weighted by atomic mass is 9.79. The van der Waals surface area contributed by atoms with Crippen LogP contribution in [0.2, 0.25) is 0 Å². The molecule has 3 heterocycles. The van der Waals surface area contributed by atoms with Crippen molar-refractivity contribution in [3.8, 4) is 0 Å². The molecule has 1 atom stereocenters. The Morgan fingerprint density at radius 2 is 1.73 bits per heavy atom. The van der Waals surface area contributed by atoms with E-state index in [2.05, 4.69) is 17.4 Å². The van der Waals surface area contributed by atoms with Crippen molar-refractivity contribution in [3.63, 3.8) is 0 Å². The largest absolute Gasteiger partial charge is 0.356 e. The van der Waals surface area contributed by atoms with Gasteiger partial charge in [-0.1, -0.05) is 30.3 Å². The molecule has 26 heavy (non-hydrogen) atoms. The molecule has 0 aromatic heterocycles. The van der Waals surface area contributed by atoms with E-state index in [0.717, 1.165) is 32.1 Å². The van der Waals surface area contributed by atoms with Crippen LogP contribution < -0.4 is 5.32 Å². The van der Waals surface area contributed by atoms with Crippen molar-refractivity contribution in [2.24, 2.45) is 5.41 Å². The molecule has 1 amide bonds. The summed E-state index contributed by atoms with van der Waals surface area (Å²) < 4.78 is 29.5. The summed E-state index contributed by atoms with van der Waals surface area (Å²) in [4.78, 5) is 12.3. The van der Waals surface area contributed by atoms with Crippen molar-refractivity contribution in [1.82, 2.24) is 13.9 Å². The molecule has 0 aliphatic carbocycles. The molecule has 0 bridgehead atoms. The van der Waals surface area contributed by atoms with E-state index < -0.39 is 15.6 Å². The van der Waals surface area contributed by atoms with Gasteiger partial charge < -0.3 is 5.32 Å². The van der Waals surface area contributed by atoms with Gasteiger partial charge in [0.05, 0.1) is 5.41 Å². The molecular weight excluding hydrogens is 350 g/mol. The third-order valence-corrected chi connectivity index (χ3v) is 8.27. The number of carbonyl (C=O) groups excluding carboxylic acids is 1. The van der Waals surface area contributed by atoms with Crippen LogP contribution in [0.5, 0.6) is 0 Å². The Balaban J connectivity index is 1.43. The van der Waals surface area contributed by atoms with Gasteiger partial charge in [0.2, 0.25) is 5.91 Å². The number of amides is 1. The highest BCUT2D eigenvalue weighted by Gasteiger charge is 2.48. The lowest BCUT2D eigenvalue weighted by molar-refractivity contribution is -0.129. The first-order valence-corrected chi connectivity index (χ1v) is 11.0. The number of benzene rings is 1. The van der Waals surface area contributed by atoms with E-state index in [0.29, 0.717) is 38.6 Å². The number of nitrogens with one attached hydrogen (secondary N) is 1. The standard InChI is InChI=1S/C19H27N3O3S/c23-18-19(10-11-20-18)9-4-12-22(15-19)26(24,25)21-13-7-17(8-14-21)16-5-2-1-3-6-16/h1-3,5-6,17H,4,7-15H2,(H,20,23). The first kappa shape index (κ1) is 17.9. The topological polar surface area (TPSA) is 69.7 Å². The van der Waals surface area contributed by atoms with E-state index in [1.807, 2.05) is 18.2 Å². The third kappa shape index (κ3) is 3.17. The highest BCUT2D eigenvalue weighted by molar-refractivity contribution is 7.86. The van der Waals surface area contributed by atoms with Gasteiger partial charge in [0, 0.05) is 32.7 Å². The molecule has 3 fully saturated rings. The van der Waals surface area contributed by atoms with Crippen LogP contribution in [-0.4, -0.2) is 55.7 Å². The number of piperidine rings is 2. The predicted molar refractivity (Wildman–Crippen MR) is 99.8 cm³/mol. The summed E-state index contributed by atoms with van der Waals surface area (Å²) in [6, 6.07) is 10.3. The molecule has 1 N–H and O–H groups in total. The highest BCUT2D eigenvalue weighted by atomic mass is 32.2. The summed E-state index contributed by atoms with van der Waals surface area (Å²) in [6.45, 7) is 2.63. The Kier molecular flexibility index (Phi) is 4.79. The Bertz CT molecular complexity index is 759. The fourth-order valence-corrected chi connectivity index (χ4v) is 6.47. The molecule has 1 aromatic rings. The first-order chi connectivity index (χ1) is 12.5. The Morgan fingerprint density at radius 1 is 1.00 bits per heavy atom. The number of nitrogens with zero attached hydrogens (tertiary/aromatic N) is 2.